The van der Waals surface area contributed by atoms with Crippen LogP contribution in [0.15, 0.2) is 29.1 Å². The van der Waals surface area contributed by atoms with E-state index in [0.29, 0.717) is 23.1 Å². The summed E-state index contributed by atoms with van der Waals surface area (Å²) in [7, 11) is 0. The predicted molar refractivity (Wildman–Crippen MR) is 75.8 cm³/mol. The van der Waals surface area contributed by atoms with Crippen LogP contribution in [0.5, 0.6) is 0 Å². The van der Waals surface area contributed by atoms with Gasteiger partial charge in [-0.05, 0) is 24.6 Å². The molecule has 0 aliphatic rings. The van der Waals surface area contributed by atoms with Gasteiger partial charge in [-0.3, -0.25) is 9.13 Å². The van der Waals surface area contributed by atoms with Crippen molar-refractivity contribution in [3.05, 3.63) is 51.0 Å². The van der Waals surface area contributed by atoms with Gasteiger partial charge in [-0.1, -0.05) is 25.3 Å². The van der Waals surface area contributed by atoms with E-state index in [2.05, 4.69) is 13.2 Å². The number of rotatable bonds is 3. The number of aryl methyl sites for hydroxylation is 1. The van der Waals surface area contributed by atoms with Crippen LogP contribution >= 0.6 is 11.6 Å². The Morgan fingerprint density at radius 3 is 2.61 bits per heavy atom. The average molecular weight is 263 g/mol. The highest BCUT2D eigenvalue weighted by Gasteiger charge is 2.09. The number of hydrogen-bond acceptors (Lipinski definition) is 1. The van der Waals surface area contributed by atoms with Gasteiger partial charge in [0.1, 0.15) is 0 Å². The fourth-order valence-electron chi connectivity index (χ4n) is 1.98. The van der Waals surface area contributed by atoms with E-state index in [9.17, 15) is 4.79 Å². The van der Waals surface area contributed by atoms with Crippen molar-refractivity contribution in [1.29, 1.82) is 0 Å². The summed E-state index contributed by atoms with van der Waals surface area (Å²) in [5.74, 6) is 0.375. The normalized spacial score (nSPS) is 10.8. The molecular weight excluding hydrogens is 248 g/mol. The van der Waals surface area contributed by atoms with Gasteiger partial charge in [0.05, 0.1) is 16.4 Å². The second-order valence-electron chi connectivity index (χ2n) is 4.19. The molecule has 0 unspecified atom stereocenters. The van der Waals surface area contributed by atoms with Crippen LogP contribution in [-0.2, 0) is 6.54 Å². The van der Waals surface area contributed by atoms with Crippen molar-refractivity contribution in [2.24, 2.45) is 0 Å². The zero-order chi connectivity index (χ0) is 13.3. The Bertz CT molecular complexity index is 727. The number of hydrogen-bond donors (Lipinski definition) is 0. The lowest BCUT2D eigenvalue weighted by atomic mass is 10.2. The molecule has 2 rings (SSSR count). The Labute approximate surface area is 110 Å². The lowest BCUT2D eigenvalue weighted by Gasteiger charge is -2.02. The Morgan fingerprint density at radius 2 is 2.00 bits per heavy atom. The SMILES string of the molecule is C=c1c(=C)n(-c2cccc(C)c2)c(=O)n1CCCl. The Hall–Kier alpha value is -1.74. The van der Waals surface area contributed by atoms with Gasteiger partial charge in [-0.25, -0.2) is 4.79 Å². The summed E-state index contributed by atoms with van der Waals surface area (Å²) in [6.07, 6.45) is 0. The zero-order valence-corrected chi connectivity index (χ0v) is 11.1. The molecule has 0 aliphatic heterocycles. The summed E-state index contributed by atoms with van der Waals surface area (Å²) in [6, 6.07) is 7.73. The van der Waals surface area contributed by atoms with E-state index in [1.54, 1.807) is 9.13 Å². The molecule has 0 aliphatic carbocycles. The molecule has 94 valence electrons. The van der Waals surface area contributed by atoms with Crippen molar-refractivity contribution in [1.82, 2.24) is 9.13 Å². The van der Waals surface area contributed by atoms with E-state index in [1.807, 2.05) is 31.2 Å². The third kappa shape index (κ3) is 2.02. The number of aromatic nitrogens is 2. The molecule has 0 fully saturated rings. The van der Waals surface area contributed by atoms with Gasteiger partial charge in [0.2, 0.25) is 0 Å². The number of nitrogens with zero attached hydrogens (tertiary/aromatic N) is 2. The lowest BCUT2D eigenvalue weighted by Crippen LogP contribution is -2.30. The van der Waals surface area contributed by atoms with Crippen LogP contribution in [-0.4, -0.2) is 15.0 Å². The van der Waals surface area contributed by atoms with Crippen LogP contribution in [0.1, 0.15) is 5.56 Å². The highest BCUT2D eigenvalue weighted by atomic mass is 35.5. The fraction of sp³-hybridized carbons (Fsp3) is 0.214. The third-order valence-electron chi connectivity index (χ3n) is 2.92. The van der Waals surface area contributed by atoms with Crippen molar-refractivity contribution in [2.45, 2.75) is 13.5 Å². The molecule has 0 radical (unpaired) electrons. The van der Waals surface area contributed by atoms with Gasteiger partial charge in [-0.15, -0.1) is 11.6 Å². The summed E-state index contributed by atoms with van der Waals surface area (Å²) in [4.78, 5) is 12.3. The summed E-state index contributed by atoms with van der Waals surface area (Å²) >= 11 is 5.70. The minimum atomic E-state index is -0.142. The molecule has 0 saturated heterocycles. The van der Waals surface area contributed by atoms with Gasteiger partial charge in [0.15, 0.2) is 0 Å². The van der Waals surface area contributed by atoms with Gasteiger partial charge in [0.25, 0.3) is 0 Å². The van der Waals surface area contributed by atoms with Crippen molar-refractivity contribution < 1.29 is 0 Å². The smallest absolute Gasteiger partial charge is 0.291 e. The minimum absolute atomic E-state index is 0.142. The average Bonchev–Trinajstić information content (AvgIpc) is 2.54. The first-order valence-corrected chi connectivity index (χ1v) is 6.22. The Balaban J connectivity index is 2.74. The maximum atomic E-state index is 12.3. The van der Waals surface area contributed by atoms with Gasteiger partial charge in [0, 0.05) is 12.4 Å². The van der Waals surface area contributed by atoms with Crippen LogP contribution in [0.2, 0.25) is 0 Å². The molecule has 0 spiro atoms. The molecule has 3 nitrogen and oxygen atoms in total. The molecule has 4 heteroatoms. The lowest BCUT2D eigenvalue weighted by molar-refractivity contribution is 0.703. The minimum Gasteiger partial charge on any atom is -0.291 e. The van der Waals surface area contributed by atoms with Gasteiger partial charge >= 0.3 is 5.69 Å². The van der Waals surface area contributed by atoms with E-state index in [1.165, 1.54) is 0 Å². The first-order valence-electron chi connectivity index (χ1n) is 5.68. The molecule has 0 atom stereocenters. The maximum Gasteiger partial charge on any atom is 0.333 e. The second-order valence-corrected chi connectivity index (χ2v) is 4.57. The topological polar surface area (TPSA) is 26.9 Å². The first kappa shape index (κ1) is 12.7. The monoisotopic (exact) mass is 262 g/mol. The molecular formula is C14H15ClN2O. The number of imidazole rings is 1. The second kappa shape index (κ2) is 4.86. The van der Waals surface area contributed by atoms with Gasteiger partial charge < -0.3 is 0 Å². The van der Waals surface area contributed by atoms with Crippen molar-refractivity contribution in [3.63, 3.8) is 0 Å². The molecule has 2 aromatic rings. The molecule has 0 bridgehead atoms. The maximum absolute atomic E-state index is 12.3. The number of halogens is 1. The van der Waals surface area contributed by atoms with Crippen molar-refractivity contribution in [2.75, 3.05) is 5.88 Å². The largest absolute Gasteiger partial charge is 0.333 e. The zero-order valence-electron chi connectivity index (χ0n) is 10.3. The van der Waals surface area contributed by atoms with Crippen LogP contribution < -0.4 is 16.4 Å². The Morgan fingerprint density at radius 1 is 1.28 bits per heavy atom. The van der Waals surface area contributed by atoms with E-state index >= 15 is 0 Å². The third-order valence-corrected chi connectivity index (χ3v) is 3.09. The molecule has 0 amide bonds. The fourth-order valence-corrected chi connectivity index (χ4v) is 2.15. The predicted octanol–water partition coefficient (Wildman–Crippen LogP) is 1.01. The highest BCUT2D eigenvalue weighted by molar-refractivity contribution is 6.17. The van der Waals surface area contributed by atoms with Crippen molar-refractivity contribution in [3.8, 4) is 5.69 Å². The standard InChI is InChI=1S/C14H15ClN2O/c1-10-5-4-6-13(9-10)17-12(3)11(2)16(8-7-15)14(17)18/h4-6,9H,2-3,7-8H2,1H3. The van der Waals surface area contributed by atoms with Crippen LogP contribution in [0.25, 0.3) is 18.8 Å². The van der Waals surface area contributed by atoms with Crippen LogP contribution in [0.4, 0.5) is 0 Å². The Kier molecular flexibility index (Phi) is 3.43. The first-order chi connectivity index (χ1) is 8.56. The van der Waals surface area contributed by atoms with E-state index < -0.39 is 0 Å². The summed E-state index contributed by atoms with van der Waals surface area (Å²) in [5.41, 5.74) is 1.76. The summed E-state index contributed by atoms with van der Waals surface area (Å²) in [5, 5.41) is 1.22. The number of benzene rings is 1. The van der Waals surface area contributed by atoms with Crippen LogP contribution in [0, 0.1) is 6.92 Å². The number of alkyl halides is 1. The van der Waals surface area contributed by atoms with Crippen LogP contribution in [0.3, 0.4) is 0 Å². The molecule has 0 saturated carbocycles. The summed E-state index contributed by atoms with van der Waals surface area (Å²) < 4.78 is 3.12. The van der Waals surface area contributed by atoms with E-state index in [4.69, 9.17) is 11.6 Å². The quantitative estimate of drug-likeness (QED) is 0.759. The highest BCUT2D eigenvalue weighted by Crippen LogP contribution is 2.05. The molecule has 18 heavy (non-hydrogen) atoms. The van der Waals surface area contributed by atoms with E-state index in [0.717, 1.165) is 11.3 Å². The van der Waals surface area contributed by atoms with Crippen molar-refractivity contribution >= 4 is 24.8 Å². The molecule has 0 N–H and O–H groups in total. The molecule has 1 aromatic heterocycles. The summed E-state index contributed by atoms with van der Waals surface area (Å²) in [6.45, 7) is 10.2. The molecule has 1 heterocycles. The molecule has 1 aromatic carbocycles. The van der Waals surface area contributed by atoms with Gasteiger partial charge in [-0.2, -0.15) is 0 Å². The van der Waals surface area contributed by atoms with E-state index in [-0.39, 0.29) is 5.69 Å².